The molecule has 1 aromatic rings. The number of carbonyl (C=O) groups excluding carboxylic acids is 1. The van der Waals surface area contributed by atoms with Gasteiger partial charge in [0.1, 0.15) is 12.4 Å². The molecular weight excluding hydrogens is 261 g/mol. The molecule has 20 heavy (non-hydrogen) atoms. The Hall–Kier alpha value is -1.90. The predicted molar refractivity (Wildman–Crippen MR) is 73.8 cm³/mol. The summed E-state index contributed by atoms with van der Waals surface area (Å²) in [4.78, 5) is 11.9. The van der Waals surface area contributed by atoms with Gasteiger partial charge in [-0.1, -0.05) is 11.8 Å². The molecule has 4 nitrogen and oxygen atoms in total. The molecule has 0 aliphatic carbocycles. The van der Waals surface area contributed by atoms with Crippen molar-refractivity contribution in [1.82, 2.24) is 5.32 Å². The first-order chi connectivity index (χ1) is 9.39. The highest BCUT2D eigenvalue weighted by Crippen LogP contribution is 2.10. The molecule has 1 amide bonds. The summed E-state index contributed by atoms with van der Waals surface area (Å²) in [6, 6.07) is 4.02. The summed E-state index contributed by atoms with van der Waals surface area (Å²) in [5.41, 5.74) is -0.127. The van der Waals surface area contributed by atoms with Crippen molar-refractivity contribution in [2.75, 3.05) is 20.3 Å². The first-order valence-corrected chi connectivity index (χ1v) is 6.12. The smallest absolute Gasteiger partial charge is 0.251 e. The molecular formula is C15H18FNO3. The Morgan fingerprint density at radius 2 is 2.20 bits per heavy atom. The van der Waals surface area contributed by atoms with Gasteiger partial charge < -0.3 is 15.2 Å². The molecule has 1 aromatic carbocycles. The number of methoxy groups -OCH3 is 1. The van der Waals surface area contributed by atoms with Crippen molar-refractivity contribution in [3.63, 3.8) is 0 Å². The second kappa shape index (κ2) is 7.04. The Balaban J connectivity index is 2.78. The van der Waals surface area contributed by atoms with E-state index in [2.05, 4.69) is 17.2 Å². The zero-order valence-electron chi connectivity index (χ0n) is 11.8. The van der Waals surface area contributed by atoms with Crippen LogP contribution in [-0.2, 0) is 4.74 Å². The molecule has 5 heteroatoms. The van der Waals surface area contributed by atoms with Crippen LogP contribution in [0.3, 0.4) is 0 Å². The molecule has 0 heterocycles. The van der Waals surface area contributed by atoms with Gasteiger partial charge in [-0.25, -0.2) is 4.39 Å². The number of halogens is 1. The molecule has 108 valence electrons. The normalized spacial score (nSPS) is 10.7. The van der Waals surface area contributed by atoms with Gasteiger partial charge in [-0.15, -0.1) is 0 Å². The summed E-state index contributed by atoms with van der Waals surface area (Å²) in [6.45, 7) is 3.65. The van der Waals surface area contributed by atoms with E-state index in [0.29, 0.717) is 6.54 Å². The Labute approximate surface area is 117 Å². The summed E-state index contributed by atoms with van der Waals surface area (Å²) in [5.74, 6) is 3.85. The van der Waals surface area contributed by atoms with Crippen LogP contribution in [0.2, 0.25) is 0 Å². The van der Waals surface area contributed by atoms with E-state index in [1.807, 2.05) is 13.8 Å². The molecule has 0 bridgehead atoms. The van der Waals surface area contributed by atoms with Gasteiger partial charge in [0.25, 0.3) is 5.91 Å². The minimum Gasteiger partial charge on any atom is -0.384 e. The monoisotopic (exact) mass is 279 g/mol. The fourth-order valence-corrected chi connectivity index (χ4v) is 1.36. The van der Waals surface area contributed by atoms with E-state index in [4.69, 9.17) is 9.84 Å². The summed E-state index contributed by atoms with van der Waals surface area (Å²) >= 11 is 0. The van der Waals surface area contributed by atoms with Gasteiger partial charge in [0.15, 0.2) is 0 Å². The lowest BCUT2D eigenvalue weighted by Crippen LogP contribution is -2.39. The average Bonchev–Trinajstić information content (AvgIpc) is 2.43. The molecule has 0 radical (unpaired) electrons. The van der Waals surface area contributed by atoms with Gasteiger partial charge in [0, 0.05) is 19.2 Å². The third kappa shape index (κ3) is 4.65. The minimum absolute atomic E-state index is 0.146. The molecule has 0 saturated carbocycles. The van der Waals surface area contributed by atoms with E-state index >= 15 is 0 Å². The SMILES string of the molecule is COC(C)(C)CNC(=O)c1ccc(C#CCO)c(F)c1. The fourth-order valence-electron chi connectivity index (χ4n) is 1.36. The van der Waals surface area contributed by atoms with Gasteiger partial charge >= 0.3 is 0 Å². The number of ether oxygens (including phenoxy) is 1. The summed E-state index contributed by atoms with van der Waals surface area (Å²) in [6.07, 6.45) is 0. The highest BCUT2D eigenvalue weighted by molar-refractivity contribution is 5.94. The largest absolute Gasteiger partial charge is 0.384 e. The maximum absolute atomic E-state index is 13.7. The first-order valence-electron chi connectivity index (χ1n) is 6.12. The molecule has 0 aliphatic rings. The summed E-state index contributed by atoms with van der Waals surface area (Å²) in [5, 5.41) is 11.2. The van der Waals surface area contributed by atoms with Crippen LogP contribution in [-0.4, -0.2) is 36.9 Å². The van der Waals surface area contributed by atoms with Crippen LogP contribution in [0.1, 0.15) is 29.8 Å². The number of rotatable bonds is 4. The molecule has 0 saturated heterocycles. The minimum atomic E-state index is -0.593. The zero-order valence-corrected chi connectivity index (χ0v) is 11.8. The van der Waals surface area contributed by atoms with Crippen LogP contribution in [0.5, 0.6) is 0 Å². The number of hydrogen-bond donors (Lipinski definition) is 2. The van der Waals surface area contributed by atoms with Crippen LogP contribution in [0, 0.1) is 17.7 Å². The number of nitrogens with one attached hydrogen (secondary N) is 1. The van der Waals surface area contributed by atoms with E-state index in [1.54, 1.807) is 7.11 Å². The molecule has 0 fully saturated rings. The molecule has 2 N–H and O–H groups in total. The number of carbonyl (C=O) groups is 1. The third-order valence-electron chi connectivity index (χ3n) is 2.76. The number of aliphatic hydroxyl groups excluding tert-OH is 1. The number of aliphatic hydroxyl groups is 1. The van der Waals surface area contributed by atoms with Crippen molar-refractivity contribution in [3.8, 4) is 11.8 Å². The molecule has 0 spiro atoms. The fraction of sp³-hybridized carbons (Fsp3) is 0.400. The lowest BCUT2D eigenvalue weighted by Gasteiger charge is -2.23. The van der Waals surface area contributed by atoms with Gasteiger partial charge in [-0.3, -0.25) is 4.79 Å². The molecule has 0 aromatic heterocycles. The summed E-state index contributed by atoms with van der Waals surface area (Å²) < 4.78 is 18.9. The quantitative estimate of drug-likeness (QED) is 0.817. The number of hydrogen-bond acceptors (Lipinski definition) is 3. The van der Waals surface area contributed by atoms with Crippen LogP contribution in [0.4, 0.5) is 4.39 Å². The molecule has 0 aliphatic heterocycles. The van der Waals surface area contributed by atoms with Gasteiger partial charge in [-0.05, 0) is 32.0 Å². The van der Waals surface area contributed by atoms with E-state index in [-0.39, 0.29) is 23.6 Å². The third-order valence-corrected chi connectivity index (χ3v) is 2.76. The number of benzene rings is 1. The zero-order chi connectivity index (χ0) is 15.2. The first kappa shape index (κ1) is 16.2. The van der Waals surface area contributed by atoms with Crippen LogP contribution < -0.4 is 5.32 Å². The van der Waals surface area contributed by atoms with Crippen molar-refractivity contribution < 1.29 is 19.0 Å². The second-order valence-corrected chi connectivity index (χ2v) is 4.80. The maximum Gasteiger partial charge on any atom is 0.251 e. The van der Waals surface area contributed by atoms with E-state index in [1.165, 1.54) is 12.1 Å². The topological polar surface area (TPSA) is 58.6 Å². The highest BCUT2D eigenvalue weighted by Gasteiger charge is 2.18. The summed E-state index contributed by atoms with van der Waals surface area (Å²) in [7, 11) is 1.56. The van der Waals surface area contributed by atoms with Gasteiger partial charge in [-0.2, -0.15) is 0 Å². The van der Waals surface area contributed by atoms with Crippen molar-refractivity contribution in [2.45, 2.75) is 19.4 Å². The van der Waals surface area contributed by atoms with E-state index in [0.717, 1.165) is 6.07 Å². The maximum atomic E-state index is 13.7. The standard InChI is InChI=1S/C15H18FNO3/c1-15(2,20-3)10-17-14(19)12-7-6-11(5-4-8-18)13(16)9-12/h6-7,9,18H,8,10H2,1-3H3,(H,17,19). The average molecular weight is 279 g/mol. The molecule has 1 rings (SSSR count). The van der Waals surface area contributed by atoms with Crippen molar-refractivity contribution in [1.29, 1.82) is 0 Å². The molecule has 0 unspecified atom stereocenters. The highest BCUT2D eigenvalue weighted by atomic mass is 19.1. The lowest BCUT2D eigenvalue weighted by atomic mass is 10.1. The Bertz CT molecular complexity index is 544. The van der Waals surface area contributed by atoms with Crippen LogP contribution >= 0.6 is 0 Å². The second-order valence-electron chi connectivity index (χ2n) is 4.80. The van der Waals surface area contributed by atoms with Gasteiger partial charge in [0.2, 0.25) is 0 Å². The Morgan fingerprint density at radius 3 is 2.75 bits per heavy atom. The van der Waals surface area contributed by atoms with Crippen molar-refractivity contribution in [2.24, 2.45) is 0 Å². The Morgan fingerprint density at radius 1 is 1.50 bits per heavy atom. The number of amides is 1. The predicted octanol–water partition coefficient (Wildman–Crippen LogP) is 1.32. The van der Waals surface area contributed by atoms with Gasteiger partial charge in [0.05, 0.1) is 11.2 Å². The van der Waals surface area contributed by atoms with Crippen LogP contribution in [0.15, 0.2) is 18.2 Å². The van der Waals surface area contributed by atoms with E-state index in [9.17, 15) is 9.18 Å². The van der Waals surface area contributed by atoms with Crippen LogP contribution in [0.25, 0.3) is 0 Å². The van der Waals surface area contributed by atoms with Crippen molar-refractivity contribution >= 4 is 5.91 Å². The lowest BCUT2D eigenvalue weighted by molar-refractivity contribution is 0.0228. The van der Waals surface area contributed by atoms with E-state index < -0.39 is 11.4 Å². The molecule has 0 atom stereocenters. The van der Waals surface area contributed by atoms with Crippen molar-refractivity contribution in [3.05, 3.63) is 35.1 Å². The Kier molecular flexibility index (Phi) is 5.68.